The average Bonchev–Trinajstić information content (AvgIpc) is 3.22. The maximum Gasteiger partial charge on any atom is 0.107 e. The van der Waals surface area contributed by atoms with Crippen LogP contribution >= 0.6 is 0 Å². The van der Waals surface area contributed by atoms with Gasteiger partial charge in [0.05, 0.1) is 11.0 Å². The molecule has 2 heterocycles. The molecule has 0 fully saturated rings. The minimum Gasteiger partial charge on any atom is -0.347 e. The summed E-state index contributed by atoms with van der Waals surface area (Å²) in [6.45, 7) is 5.10. The number of H-pyrrole nitrogens is 1. The topological polar surface area (TPSA) is 45.6 Å². The third kappa shape index (κ3) is 3.30. The Morgan fingerprint density at radius 1 is 1.08 bits per heavy atom. The number of rotatable bonds is 7. The second-order valence-electron chi connectivity index (χ2n) is 6.44. The van der Waals surface area contributed by atoms with E-state index < -0.39 is 0 Å². The van der Waals surface area contributed by atoms with Crippen LogP contribution in [0, 0.1) is 0 Å². The van der Waals surface area contributed by atoms with Crippen LogP contribution < -0.4 is 5.32 Å². The third-order valence-electron chi connectivity index (χ3n) is 4.73. The minimum atomic E-state index is 0.910. The molecule has 0 spiro atoms. The lowest BCUT2D eigenvalue weighted by molar-refractivity contribution is 0.641. The van der Waals surface area contributed by atoms with E-state index in [1.54, 1.807) is 0 Å². The zero-order valence-electron chi connectivity index (χ0n) is 14.6. The number of aryl methyl sites for hydroxylation is 2. The summed E-state index contributed by atoms with van der Waals surface area (Å²) in [6.07, 6.45) is 4.32. The monoisotopic (exact) mass is 332 g/mol. The first-order valence-corrected chi connectivity index (χ1v) is 9.06. The molecule has 2 N–H and O–H groups in total. The van der Waals surface area contributed by atoms with Crippen LogP contribution in [-0.4, -0.2) is 21.1 Å². The molecule has 0 saturated carbocycles. The normalized spacial score (nSPS) is 11.6. The van der Waals surface area contributed by atoms with Gasteiger partial charge in [-0.3, -0.25) is 0 Å². The van der Waals surface area contributed by atoms with E-state index in [2.05, 4.69) is 69.4 Å². The second kappa shape index (κ2) is 7.11. The van der Waals surface area contributed by atoms with Gasteiger partial charge in [-0.15, -0.1) is 0 Å². The highest BCUT2D eigenvalue weighted by Crippen LogP contribution is 2.21. The summed E-state index contributed by atoms with van der Waals surface area (Å²) in [4.78, 5) is 8.03. The highest BCUT2D eigenvalue weighted by atomic mass is 15.0. The number of imidazole rings is 1. The molecule has 0 radical (unpaired) electrons. The molecule has 4 heteroatoms. The summed E-state index contributed by atoms with van der Waals surface area (Å²) >= 11 is 0. The zero-order chi connectivity index (χ0) is 17.1. The number of nitrogens with zero attached hydrogens (tertiary/aromatic N) is 2. The van der Waals surface area contributed by atoms with E-state index in [1.807, 2.05) is 12.1 Å². The van der Waals surface area contributed by atoms with Crippen molar-refractivity contribution >= 4 is 21.9 Å². The van der Waals surface area contributed by atoms with Gasteiger partial charge in [0.15, 0.2) is 0 Å². The summed E-state index contributed by atoms with van der Waals surface area (Å²) in [6, 6.07) is 16.8. The molecule has 128 valence electrons. The molecule has 0 unspecified atom stereocenters. The minimum absolute atomic E-state index is 0.910. The van der Waals surface area contributed by atoms with E-state index in [0.29, 0.717) is 0 Å². The van der Waals surface area contributed by atoms with Crippen LogP contribution in [0.5, 0.6) is 0 Å². The predicted molar refractivity (Wildman–Crippen MR) is 104 cm³/mol. The summed E-state index contributed by atoms with van der Waals surface area (Å²) in [5.74, 6) is 1.07. The number of aromatic nitrogens is 3. The van der Waals surface area contributed by atoms with E-state index in [-0.39, 0.29) is 0 Å². The molecule has 2 aromatic heterocycles. The summed E-state index contributed by atoms with van der Waals surface area (Å²) in [5.41, 5.74) is 4.88. The Balaban J connectivity index is 1.32. The van der Waals surface area contributed by atoms with E-state index in [4.69, 9.17) is 0 Å². The van der Waals surface area contributed by atoms with Gasteiger partial charge in [-0.05, 0) is 43.7 Å². The van der Waals surface area contributed by atoms with E-state index in [9.17, 15) is 0 Å². The Morgan fingerprint density at radius 3 is 2.80 bits per heavy atom. The maximum atomic E-state index is 4.64. The smallest absolute Gasteiger partial charge is 0.107 e. The Hall–Kier alpha value is -2.59. The number of hydrogen-bond donors (Lipinski definition) is 2. The van der Waals surface area contributed by atoms with Gasteiger partial charge in [0, 0.05) is 36.6 Å². The van der Waals surface area contributed by atoms with Crippen LogP contribution in [0.15, 0.2) is 54.7 Å². The van der Waals surface area contributed by atoms with Gasteiger partial charge >= 0.3 is 0 Å². The average molecular weight is 332 g/mol. The van der Waals surface area contributed by atoms with Crippen LogP contribution in [0.3, 0.4) is 0 Å². The summed E-state index contributed by atoms with van der Waals surface area (Å²) in [5, 5.41) is 4.94. The molecule has 4 aromatic rings. The first-order valence-electron chi connectivity index (χ1n) is 9.06. The molecule has 0 atom stereocenters. The van der Waals surface area contributed by atoms with E-state index >= 15 is 0 Å². The lowest BCUT2D eigenvalue weighted by atomic mass is 10.2. The second-order valence-corrected chi connectivity index (χ2v) is 6.44. The van der Waals surface area contributed by atoms with Gasteiger partial charge in [0.1, 0.15) is 5.82 Å². The van der Waals surface area contributed by atoms with E-state index in [0.717, 1.165) is 49.3 Å². The lowest BCUT2D eigenvalue weighted by Crippen LogP contribution is -2.15. The molecule has 0 aliphatic heterocycles. The molecule has 4 rings (SSSR count). The highest BCUT2D eigenvalue weighted by Gasteiger charge is 2.06. The standard InChI is InChI=1S/C21H24N4/c1-2-25-15-16(17-8-3-6-11-20(17)25)14-22-13-7-12-21-23-18-9-4-5-10-19(18)24-21/h3-6,8-11,15,22H,2,7,12-14H2,1H3,(H,23,24). The third-order valence-corrected chi connectivity index (χ3v) is 4.73. The van der Waals surface area contributed by atoms with Crippen molar-refractivity contribution in [2.45, 2.75) is 32.9 Å². The number of hydrogen-bond acceptors (Lipinski definition) is 2. The fourth-order valence-electron chi connectivity index (χ4n) is 3.45. The summed E-state index contributed by atoms with van der Waals surface area (Å²) in [7, 11) is 0. The Morgan fingerprint density at radius 2 is 1.92 bits per heavy atom. The fraction of sp³-hybridized carbons (Fsp3) is 0.286. The van der Waals surface area contributed by atoms with Crippen molar-refractivity contribution in [3.8, 4) is 0 Å². The number of benzene rings is 2. The van der Waals surface area contributed by atoms with Crippen molar-refractivity contribution in [3.05, 3.63) is 66.1 Å². The van der Waals surface area contributed by atoms with Crippen molar-refractivity contribution in [3.63, 3.8) is 0 Å². The van der Waals surface area contributed by atoms with Crippen molar-refractivity contribution < 1.29 is 0 Å². The molecule has 0 aliphatic carbocycles. The molecule has 4 nitrogen and oxygen atoms in total. The molecule has 0 aliphatic rings. The Labute approximate surface area is 147 Å². The molecular formula is C21H24N4. The molecule has 0 bridgehead atoms. The van der Waals surface area contributed by atoms with Crippen LogP contribution in [0.1, 0.15) is 24.7 Å². The van der Waals surface area contributed by atoms with Gasteiger partial charge in [0.2, 0.25) is 0 Å². The predicted octanol–water partition coefficient (Wildman–Crippen LogP) is 4.26. The number of fused-ring (bicyclic) bond motifs is 2. The van der Waals surface area contributed by atoms with Crippen LogP contribution in [0.25, 0.3) is 21.9 Å². The van der Waals surface area contributed by atoms with Crippen LogP contribution in [-0.2, 0) is 19.5 Å². The van der Waals surface area contributed by atoms with Gasteiger partial charge in [-0.25, -0.2) is 4.98 Å². The molecular weight excluding hydrogens is 308 g/mol. The molecule has 25 heavy (non-hydrogen) atoms. The fourth-order valence-corrected chi connectivity index (χ4v) is 3.45. The summed E-state index contributed by atoms with van der Waals surface area (Å²) < 4.78 is 2.32. The van der Waals surface area contributed by atoms with Crippen molar-refractivity contribution in [1.82, 2.24) is 19.9 Å². The zero-order valence-corrected chi connectivity index (χ0v) is 14.6. The van der Waals surface area contributed by atoms with Gasteiger partial charge < -0.3 is 14.9 Å². The van der Waals surface area contributed by atoms with E-state index in [1.165, 1.54) is 16.5 Å². The molecule has 0 amide bonds. The quantitative estimate of drug-likeness (QED) is 0.497. The lowest BCUT2D eigenvalue weighted by Gasteiger charge is -2.03. The van der Waals surface area contributed by atoms with Crippen molar-refractivity contribution in [1.29, 1.82) is 0 Å². The van der Waals surface area contributed by atoms with Crippen molar-refractivity contribution in [2.24, 2.45) is 0 Å². The molecule has 2 aromatic carbocycles. The number of nitrogens with one attached hydrogen (secondary N) is 2. The Bertz CT molecular complexity index is 947. The highest BCUT2D eigenvalue weighted by molar-refractivity contribution is 5.83. The van der Waals surface area contributed by atoms with Crippen LogP contribution in [0.2, 0.25) is 0 Å². The van der Waals surface area contributed by atoms with Crippen LogP contribution in [0.4, 0.5) is 0 Å². The van der Waals surface area contributed by atoms with Crippen molar-refractivity contribution in [2.75, 3.05) is 6.54 Å². The number of para-hydroxylation sites is 3. The SMILES string of the molecule is CCn1cc(CNCCCc2nc3ccccc3[nH]2)c2ccccc21. The first-order chi connectivity index (χ1) is 12.3. The number of aromatic amines is 1. The van der Waals surface area contributed by atoms with Gasteiger partial charge in [-0.2, -0.15) is 0 Å². The largest absolute Gasteiger partial charge is 0.347 e. The van der Waals surface area contributed by atoms with Gasteiger partial charge in [0.25, 0.3) is 0 Å². The maximum absolute atomic E-state index is 4.64. The molecule has 0 saturated heterocycles. The first kappa shape index (κ1) is 15.9. The van der Waals surface area contributed by atoms with Gasteiger partial charge in [-0.1, -0.05) is 30.3 Å². The Kier molecular flexibility index (Phi) is 4.53.